The molecule has 0 aliphatic carbocycles. The molecule has 0 saturated heterocycles. The standard InChI is InChI=1S/C17H16Cl2N2O5S2/c1-17(2)9-5-4-8-20-14(9)15(22)16(28(17,25)26)12-10(18)6-7-11(13(12)19)21-27(3,23)24/h4-8,16,21H,1-3H3. The van der Waals surface area contributed by atoms with Gasteiger partial charge in [0.2, 0.25) is 15.8 Å². The van der Waals surface area contributed by atoms with Gasteiger partial charge in [0, 0.05) is 22.3 Å². The molecule has 2 aromatic rings. The van der Waals surface area contributed by atoms with Crippen LogP contribution in [0.1, 0.15) is 40.7 Å². The zero-order chi connectivity index (χ0) is 21.1. The van der Waals surface area contributed by atoms with Crippen LogP contribution in [0.5, 0.6) is 0 Å². The lowest BCUT2D eigenvalue weighted by Gasteiger charge is -2.36. The van der Waals surface area contributed by atoms with Gasteiger partial charge in [0.15, 0.2) is 15.1 Å². The Morgan fingerprint density at radius 1 is 1.18 bits per heavy atom. The smallest absolute Gasteiger partial charge is 0.229 e. The molecule has 0 bridgehead atoms. The first-order chi connectivity index (χ1) is 12.8. The van der Waals surface area contributed by atoms with Crippen LogP contribution < -0.4 is 4.72 Å². The molecule has 7 nitrogen and oxygen atoms in total. The van der Waals surface area contributed by atoms with E-state index in [1.807, 2.05) is 0 Å². The molecule has 1 aromatic carbocycles. The van der Waals surface area contributed by atoms with Gasteiger partial charge < -0.3 is 0 Å². The van der Waals surface area contributed by atoms with Gasteiger partial charge in [0.1, 0.15) is 5.69 Å². The topological polar surface area (TPSA) is 110 Å². The van der Waals surface area contributed by atoms with Crippen molar-refractivity contribution < 1.29 is 21.6 Å². The van der Waals surface area contributed by atoms with E-state index in [1.165, 1.54) is 32.2 Å². The Kier molecular flexibility index (Phi) is 5.03. The van der Waals surface area contributed by atoms with E-state index in [0.29, 0.717) is 0 Å². The van der Waals surface area contributed by atoms with Crippen LogP contribution >= 0.6 is 23.2 Å². The van der Waals surface area contributed by atoms with E-state index in [-0.39, 0.29) is 32.6 Å². The summed E-state index contributed by atoms with van der Waals surface area (Å²) in [4.78, 5) is 17.2. The van der Waals surface area contributed by atoms with Crippen LogP contribution in [-0.4, -0.2) is 33.9 Å². The van der Waals surface area contributed by atoms with E-state index in [0.717, 1.165) is 6.26 Å². The highest BCUT2D eigenvalue weighted by Crippen LogP contribution is 2.50. The average Bonchev–Trinajstić information content (AvgIpc) is 2.58. The number of rotatable bonds is 3. The Bertz CT molecular complexity index is 1210. The fourth-order valence-electron chi connectivity index (χ4n) is 3.17. The highest BCUT2D eigenvalue weighted by Gasteiger charge is 2.54. The molecule has 0 saturated carbocycles. The number of anilines is 1. The van der Waals surface area contributed by atoms with Gasteiger partial charge in [-0.1, -0.05) is 29.3 Å². The average molecular weight is 463 g/mol. The summed E-state index contributed by atoms with van der Waals surface area (Å²) in [7, 11) is -7.86. The molecule has 0 spiro atoms. The number of fused-ring (bicyclic) bond motifs is 1. The van der Waals surface area contributed by atoms with Crippen molar-refractivity contribution in [2.24, 2.45) is 0 Å². The predicted molar refractivity (Wildman–Crippen MR) is 108 cm³/mol. The molecule has 28 heavy (non-hydrogen) atoms. The van der Waals surface area contributed by atoms with Crippen LogP contribution in [0.4, 0.5) is 5.69 Å². The fraction of sp³-hybridized carbons (Fsp3) is 0.294. The molecule has 1 aliphatic heterocycles. The SMILES string of the molecule is CC1(C)c2cccnc2C(=O)C(c2c(Cl)ccc(NS(C)(=O)=O)c2Cl)S1(=O)=O. The van der Waals surface area contributed by atoms with E-state index >= 15 is 0 Å². The van der Waals surface area contributed by atoms with E-state index in [2.05, 4.69) is 9.71 Å². The molecule has 1 atom stereocenters. The number of pyridine rings is 1. The number of hydrogen-bond donors (Lipinski definition) is 1. The molecule has 0 fully saturated rings. The molecule has 1 unspecified atom stereocenters. The zero-order valence-corrected chi connectivity index (χ0v) is 18.2. The van der Waals surface area contributed by atoms with Gasteiger partial charge in [-0.25, -0.2) is 16.8 Å². The maximum atomic E-state index is 13.4. The maximum Gasteiger partial charge on any atom is 0.229 e. The van der Waals surface area contributed by atoms with Crippen molar-refractivity contribution in [3.05, 3.63) is 57.3 Å². The monoisotopic (exact) mass is 462 g/mol. The minimum Gasteiger partial charge on any atom is -0.291 e. The van der Waals surface area contributed by atoms with Gasteiger partial charge in [-0.2, -0.15) is 0 Å². The van der Waals surface area contributed by atoms with Crippen molar-refractivity contribution in [1.29, 1.82) is 0 Å². The first kappa shape index (κ1) is 21.0. The minimum atomic E-state index is -4.16. The zero-order valence-electron chi connectivity index (χ0n) is 15.0. The van der Waals surface area contributed by atoms with Crippen LogP contribution in [-0.2, 0) is 24.6 Å². The van der Waals surface area contributed by atoms with E-state index < -0.39 is 35.6 Å². The molecular weight excluding hydrogens is 447 g/mol. The summed E-state index contributed by atoms with van der Waals surface area (Å²) >= 11 is 12.5. The molecule has 11 heteroatoms. The fourth-order valence-corrected chi connectivity index (χ4v) is 6.58. The number of ketones is 1. The quantitative estimate of drug-likeness (QED) is 0.748. The summed E-state index contributed by atoms with van der Waals surface area (Å²) in [5.74, 6) is -0.768. The number of halogens is 2. The molecule has 3 rings (SSSR count). The number of hydrogen-bond acceptors (Lipinski definition) is 6. The Balaban J connectivity index is 2.33. The summed E-state index contributed by atoms with van der Waals surface area (Å²) in [5.41, 5.74) is 0.0531. The van der Waals surface area contributed by atoms with Crippen LogP contribution in [0.25, 0.3) is 0 Å². The van der Waals surface area contributed by atoms with Crippen molar-refractivity contribution in [2.75, 3.05) is 11.0 Å². The number of carbonyl (C=O) groups is 1. The largest absolute Gasteiger partial charge is 0.291 e. The van der Waals surface area contributed by atoms with Gasteiger partial charge in [-0.05, 0) is 32.0 Å². The number of benzene rings is 1. The normalized spacial score (nSPS) is 20.5. The van der Waals surface area contributed by atoms with Crippen molar-refractivity contribution >= 4 is 54.5 Å². The van der Waals surface area contributed by atoms with Crippen LogP contribution in [0.2, 0.25) is 10.0 Å². The Labute approximate surface area is 173 Å². The van der Waals surface area contributed by atoms with E-state index in [1.54, 1.807) is 12.1 Å². The molecule has 0 radical (unpaired) electrons. The van der Waals surface area contributed by atoms with Gasteiger partial charge in [0.25, 0.3) is 0 Å². The first-order valence-corrected chi connectivity index (χ1v) is 12.2. The third-order valence-electron chi connectivity index (χ3n) is 4.63. The third-order valence-corrected chi connectivity index (χ3v) is 8.67. The van der Waals surface area contributed by atoms with Crippen LogP contribution in [0.15, 0.2) is 30.5 Å². The number of sulfonamides is 1. The van der Waals surface area contributed by atoms with Crippen LogP contribution in [0, 0.1) is 0 Å². The van der Waals surface area contributed by atoms with E-state index in [9.17, 15) is 21.6 Å². The highest BCUT2D eigenvalue weighted by atomic mass is 35.5. The van der Waals surface area contributed by atoms with Gasteiger partial charge in [-0.15, -0.1) is 0 Å². The van der Waals surface area contributed by atoms with Gasteiger partial charge >= 0.3 is 0 Å². The third kappa shape index (κ3) is 3.20. The molecule has 1 aromatic heterocycles. The second kappa shape index (κ2) is 6.69. The van der Waals surface area contributed by atoms with Crippen molar-refractivity contribution in [3.63, 3.8) is 0 Å². The summed E-state index contributed by atoms with van der Waals surface area (Å²) in [5, 5.41) is -2.04. The molecule has 0 amide bonds. The molecular formula is C17H16Cl2N2O5S2. The van der Waals surface area contributed by atoms with Crippen molar-refractivity contribution in [3.8, 4) is 0 Å². The van der Waals surface area contributed by atoms with E-state index in [4.69, 9.17) is 23.2 Å². The Hall–Kier alpha value is -1.68. The van der Waals surface area contributed by atoms with Gasteiger partial charge in [-0.3, -0.25) is 14.5 Å². The van der Waals surface area contributed by atoms with Crippen molar-refractivity contribution in [1.82, 2.24) is 4.98 Å². The Morgan fingerprint density at radius 2 is 1.82 bits per heavy atom. The summed E-state index contributed by atoms with van der Waals surface area (Å²) < 4.78 is 50.7. The number of Topliss-reactive ketones (excluding diaryl/α,β-unsaturated/α-hetero) is 1. The number of aromatic nitrogens is 1. The van der Waals surface area contributed by atoms with Gasteiger partial charge in [0.05, 0.1) is 21.7 Å². The molecule has 150 valence electrons. The Morgan fingerprint density at radius 3 is 2.43 bits per heavy atom. The lowest BCUT2D eigenvalue weighted by Crippen LogP contribution is -2.43. The number of carbonyl (C=O) groups excluding carboxylic acids is 1. The summed E-state index contributed by atoms with van der Waals surface area (Å²) in [6.07, 6.45) is 2.32. The first-order valence-electron chi connectivity index (χ1n) is 7.98. The summed E-state index contributed by atoms with van der Waals surface area (Å²) in [6.45, 7) is 2.95. The molecule has 1 aliphatic rings. The second-order valence-corrected chi connectivity index (χ2v) is 12.0. The molecule has 1 N–H and O–H groups in total. The second-order valence-electron chi connectivity index (χ2n) is 6.90. The number of nitrogens with zero attached hydrogens (tertiary/aromatic N) is 1. The van der Waals surface area contributed by atoms with Crippen molar-refractivity contribution in [2.45, 2.75) is 23.8 Å². The minimum absolute atomic E-state index is 0.0148. The van der Waals surface area contributed by atoms with Crippen LogP contribution in [0.3, 0.4) is 0 Å². The predicted octanol–water partition coefficient (Wildman–Crippen LogP) is 3.35. The number of sulfone groups is 1. The summed E-state index contributed by atoms with van der Waals surface area (Å²) in [6, 6.07) is 5.69. The highest BCUT2D eigenvalue weighted by molar-refractivity contribution is 7.93. The molecule has 2 heterocycles. The lowest BCUT2D eigenvalue weighted by atomic mass is 9.94. The lowest BCUT2D eigenvalue weighted by molar-refractivity contribution is 0.0975. The maximum absolute atomic E-state index is 13.4. The number of nitrogens with one attached hydrogen (secondary N) is 1.